The Morgan fingerprint density at radius 2 is 2.10 bits per heavy atom. The van der Waals surface area contributed by atoms with Crippen LogP contribution in [0, 0.1) is 10.1 Å². The standard InChI is InChI=1S/C11H13F3N4O2/c12-11(13,14)10-6-8(9(7-16-10)18(19)20)17-4-1-2-15-3-5-17/h6-7,15H,1-5H2. The van der Waals surface area contributed by atoms with Crippen molar-refractivity contribution in [3.05, 3.63) is 28.1 Å². The van der Waals surface area contributed by atoms with Crippen LogP contribution in [-0.2, 0) is 6.18 Å². The van der Waals surface area contributed by atoms with Gasteiger partial charge in [0.2, 0.25) is 0 Å². The summed E-state index contributed by atoms with van der Waals surface area (Å²) in [6.45, 7) is 2.19. The Hall–Kier alpha value is -1.90. The Morgan fingerprint density at radius 1 is 1.35 bits per heavy atom. The Labute approximate surface area is 112 Å². The second kappa shape index (κ2) is 5.61. The summed E-state index contributed by atoms with van der Waals surface area (Å²) in [7, 11) is 0. The summed E-state index contributed by atoms with van der Waals surface area (Å²) < 4.78 is 38.1. The molecule has 1 fully saturated rings. The third-order valence-electron chi connectivity index (χ3n) is 3.03. The van der Waals surface area contributed by atoms with Gasteiger partial charge in [0.1, 0.15) is 17.6 Å². The zero-order valence-electron chi connectivity index (χ0n) is 10.5. The molecule has 110 valence electrons. The lowest BCUT2D eigenvalue weighted by Gasteiger charge is -2.22. The second-order valence-corrected chi connectivity index (χ2v) is 4.40. The predicted molar refractivity (Wildman–Crippen MR) is 65.6 cm³/mol. The van der Waals surface area contributed by atoms with Crippen LogP contribution in [0.2, 0.25) is 0 Å². The highest BCUT2D eigenvalue weighted by molar-refractivity contribution is 5.63. The lowest BCUT2D eigenvalue weighted by atomic mass is 10.2. The van der Waals surface area contributed by atoms with E-state index in [4.69, 9.17) is 0 Å². The SMILES string of the molecule is O=[N+]([O-])c1cnc(C(F)(F)F)cc1N1CCCNCC1. The molecule has 0 aromatic carbocycles. The van der Waals surface area contributed by atoms with Gasteiger partial charge in [-0.25, -0.2) is 4.98 Å². The van der Waals surface area contributed by atoms with Crippen LogP contribution in [0.15, 0.2) is 12.3 Å². The smallest absolute Gasteiger partial charge is 0.365 e. The van der Waals surface area contributed by atoms with Gasteiger partial charge >= 0.3 is 11.9 Å². The largest absolute Gasteiger partial charge is 0.433 e. The molecule has 0 radical (unpaired) electrons. The van der Waals surface area contributed by atoms with E-state index in [1.165, 1.54) is 0 Å². The molecule has 2 heterocycles. The van der Waals surface area contributed by atoms with Gasteiger partial charge in [-0.05, 0) is 19.0 Å². The molecule has 0 spiro atoms. The van der Waals surface area contributed by atoms with Gasteiger partial charge in [-0.1, -0.05) is 0 Å². The Balaban J connectivity index is 2.43. The molecule has 0 atom stereocenters. The molecule has 1 aliphatic heterocycles. The van der Waals surface area contributed by atoms with Crippen molar-refractivity contribution in [2.45, 2.75) is 12.6 Å². The minimum absolute atomic E-state index is 0.0268. The summed E-state index contributed by atoms with van der Waals surface area (Å²) in [5.74, 6) is 0. The fourth-order valence-electron chi connectivity index (χ4n) is 2.07. The number of hydrogen-bond acceptors (Lipinski definition) is 5. The van der Waals surface area contributed by atoms with Crippen LogP contribution in [0.25, 0.3) is 0 Å². The molecule has 1 aromatic heterocycles. The first-order valence-electron chi connectivity index (χ1n) is 6.07. The van der Waals surface area contributed by atoms with E-state index in [1.807, 2.05) is 0 Å². The number of anilines is 1. The fourth-order valence-corrected chi connectivity index (χ4v) is 2.07. The van der Waals surface area contributed by atoms with E-state index in [1.54, 1.807) is 4.90 Å². The maximum atomic E-state index is 12.7. The van der Waals surface area contributed by atoms with E-state index >= 15 is 0 Å². The average molecular weight is 290 g/mol. The zero-order valence-corrected chi connectivity index (χ0v) is 10.5. The van der Waals surface area contributed by atoms with E-state index < -0.39 is 22.5 Å². The molecule has 0 aliphatic carbocycles. The second-order valence-electron chi connectivity index (χ2n) is 4.40. The van der Waals surface area contributed by atoms with Crippen LogP contribution >= 0.6 is 0 Å². The number of halogens is 3. The predicted octanol–water partition coefficient (Wildman–Crippen LogP) is 1.81. The number of nitrogens with zero attached hydrogens (tertiary/aromatic N) is 3. The summed E-state index contributed by atoms with van der Waals surface area (Å²) in [4.78, 5) is 15.0. The van der Waals surface area contributed by atoms with Gasteiger partial charge in [0.25, 0.3) is 0 Å². The van der Waals surface area contributed by atoms with Gasteiger partial charge in [-0.2, -0.15) is 13.2 Å². The van der Waals surface area contributed by atoms with E-state index in [9.17, 15) is 23.3 Å². The third-order valence-corrected chi connectivity index (χ3v) is 3.03. The number of rotatable bonds is 2. The van der Waals surface area contributed by atoms with Crippen molar-refractivity contribution in [3.63, 3.8) is 0 Å². The lowest BCUT2D eigenvalue weighted by molar-refractivity contribution is -0.384. The topological polar surface area (TPSA) is 71.3 Å². The third kappa shape index (κ3) is 3.16. The maximum Gasteiger partial charge on any atom is 0.433 e. The van der Waals surface area contributed by atoms with Gasteiger partial charge in [0.15, 0.2) is 0 Å². The van der Waals surface area contributed by atoms with Gasteiger partial charge in [0, 0.05) is 19.6 Å². The molecule has 1 saturated heterocycles. The van der Waals surface area contributed by atoms with E-state index in [0.717, 1.165) is 12.6 Å². The van der Waals surface area contributed by atoms with E-state index in [0.29, 0.717) is 32.3 Å². The minimum atomic E-state index is -4.62. The summed E-state index contributed by atoms with van der Waals surface area (Å²) >= 11 is 0. The number of aromatic nitrogens is 1. The number of pyridine rings is 1. The summed E-state index contributed by atoms with van der Waals surface area (Å²) in [5.41, 5.74) is -1.55. The van der Waals surface area contributed by atoms with E-state index in [2.05, 4.69) is 10.3 Å². The van der Waals surface area contributed by atoms with Crippen molar-refractivity contribution in [1.29, 1.82) is 0 Å². The molecular formula is C11H13F3N4O2. The molecule has 6 nitrogen and oxygen atoms in total. The van der Waals surface area contributed by atoms with Crippen LogP contribution in [-0.4, -0.2) is 36.1 Å². The molecule has 0 saturated carbocycles. The van der Waals surface area contributed by atoms with Crippen LogP contribution < -0.4 is 10.2 Å². The zero-order chi connectivity index (χ0) is 14.8. The summed E-state index contributed by atoms with van der Waals surface area (Å²) in [6, 6.07) is 0.753. The minimum Gasteiger partial charge on any atom is -0.365 e. The highest BCUT2D eigenvalue weighted by Crippen LogP contribution is 2.34. The lowest BCUT2D eigenvalue weighted by Crippen LogP contribution is -2.29. The van der Waals surface area contributed by atoms with Crippen molar-refractivity contribution < 1.29 is 18.1 Å². The molecule has 1 aromatic rings. The van der Waals surface area contributed by atoms with Crippen LogP contribution in [0.3, 0.4) is 0 Å². The number of nitro groups is 1. The molecule has 1 aliphatic rings. The first kappa shape index (κ1) is 14.5. The van der Waals surface area contributed by atoms with Crippen molar-refractivity contribution in [1.82, 2.24) is 10.3 Å². The van der Waals surface area contributed by atoms with Crippen molar-refractivity contribution in [3.8, 4) is 0 Å². The highest BCUT2D eigenvalue weighted by atomic mass is 19.4. The normalized spacial score (nSPS) is 16.9. The van der Waals surface area contributed by atoms with Crippen LogP contribution in [0.5, 0.6) is 0 Å². The molecule has 1 N–H and O–H groups in total. The van der Waals surface area contributed by atoms with Crippen molar-refractivity contribution >= 4 is 11.4 Å². The molecule has 0 bridgehead atoms. The Morgan fingerprint density at radius 3 is 2.75 bits per heavy atom. The molecule has 20 heavy (non-hydrogen) atoms. The number of hydrogen-bond donors (Lipinski definition) is 1. The molecule has 0 unspecified atom stereocenters. The van der Waals surface area contributed by atoms with Crippen molar-refractivity contribution in [2.24, 2.45) is 0 Å². The fraction of sp³-hybridized carbons (Fsp3) is 0.545. The average Bonchev–Trinajstić information content (AvgIpc) is 2.65. The maximum absolute atomic E-state index is 12.7. The summed E-state index contributed by atoms with van der Waals surface area (Å²) in [5, 5.41) is 14.0. The van der Waals surface area contributed by atoms with Gasteiger partial charge < -0.3 is 10.2 Å². The Bertz CT molecular complexity index is 499. The quantitative estimate of drug-likeness (QED) is 0.664. The molecular weight excluding hydrogens is 277 g/mol. The van der Waals surface area contributed by atoms with Gasteiger partial charge in [0.05, 0.1) is 4.92 Å². The molecule has 9 heteroatoms. The highest BCUT2D eigenvalue weighted by Gasteiger charge is 2.35. The van der Waals surface area contributed by atoms with Crippen LogP contribution in [0.4, 0.5) is 24.5 Å². The van der Waals surface area contributed by atoms with Gasteiger partial charge in [-0.3, -0.25) is 10.1 Å². The van der Waals surface area contributed by atoms with Crippen molar-refractivity contribution in [2.75, 3.05) is 31.1 Å². The van der Waals surface area contributed by atoms with Gasteiger partial charge in [-0.15, -0.1) is 0 Å². The molecule has 0 amide bonds. The summed E-state index contributed by atoms with van der Waals surface area (Å²) in [6.07, 6.45) is -3.23. The Kier molecular flexibility index (Phi) is 4.07. The first-order chi connectivity index (χ1) is 9.39. The van der Waals surface area contributed by atoms with E-state index in [-0.39, 0.29) is 5.69 Å². The number of nitrogens with one attached hydrogen (secondary N) is 1. The molecule has 2 rings (SSSR count). The number of alkyl halides is 3. The monoisotopic (exact) mass is 290 g/mol. The first-order valence-corrected chi connectivity index (χ1v) is 6.07. The van der Waals surface area contributed by atoms with Crippen LogP contribution in [0.1, 0.15) is 12.1 Å².